The number of carbonyl (C=O) groups excluding carboxylic acids is 1. The van der Waals surface area contributed by atoms with Crippen molar-refractivity contribution in [2.45, 2.75) is 32.0 Å². The van der Waals surface area contributed by atoms with E-state index < -0.39 is 0 Å². The van der Waals surface area contributed by atoms with Crippen LogP contribution in [0.25, 0.3) is 0 Å². The van der Waals surface area contributed by atoms with E-state index in [1.54, 1.807) is 6.07 Å². The van der Waals surface area contributed by atoms with Crippen molar-refractivity contribution >= 4 is 5.91 Å². The van der Waals surface area contributed by atoms with Gasteiger partial charge in [0.2, 0.25) is 0 Å². The molecule has 0 spiro atoms. The Bertz CT molecular complexity index is 499. The highest BCUT2D eigenvalue weighted by atomic mass is 16.5. The molecule has 0 saturated carbocycles. The van der Waals surface area contributed by atoms with Crippen molar-refractivity contribution in [3.05, 3.63) is 18.0 Å². The Labute approximate surface area is 119 Å². The summed E-state index contributed by atoms with van der Waals surface area (Å²) in [7, 11) is 2.10. The molecule has 0 N–H and O–H groups in total. The number of morpholine rings is 1. The van der Waals surface area contributed by atoms with Crippen LogP contribution in [0.5, 0.6) is 0 Å². The number of likely N-dealkylation sites (N-methyl/N-ethyl adjacent to an activating group) is 1. The van der Waals surface area contributed by atoms with Crippen LogP contribution in [0.15, 0.2) is 12.3 Å². The summed E-state index contributed by atoms with van der Waals surface area (Å²) in [6.45, 7) is 7.19. The third-order valence-corrected chi connectivity index (χ3v) is 4.22. The number of hydrogen-bond acceptors (Lipinski definition) is 4. The summed E-state index contributed by atoms with van der Waals surface area (Å²) < 4.78 is 7.59. The van der Waals surface area contributed by atoms with E-state index in [0.29, 0.717) is 18.3 Å². The second kappa shape index (κ2) is 5.18. The first-order valence-electron chi connectivity index (χ1n) is 7.22. The van der Waals surface area contributed by atoms with E-state index in [0.717, 1.165) is 19.7 Å². The number of amides is 1. The van der Waals surface area contributed by atoms with Crippen LogP contribution in [0, 0.1) is 0 Å². The van der Waals surface area contributed by atoms with Gasteiger partial charge in [0, 0.05) is 31.9 Å². The van der Waals surface area contributed by atoms with Gasteiger partial charge >= 0.3 is 0 Å². The van der Waals surface area contributed by atoms with Crippen molar-refractivity contribution in [2.75, 3.05) is 33.3 Å². The maximum absolute atomic E-state index is 12.5. The molecule has 0 bridgehead atoms. The summed E-state index contributed by atoms with van der Waals surface area (Å²) in [4.78, 5) is 16.7. The molecule has 2 fully saturated rings. The highest BCUT2D eigenvalue weighted by Crippen LogP contribution is 2.23. The highest BCUT2D eigenvalue weighted by molar-refractivity contribution is 5.92. The molecule has 2 saturated heterocycles. The van der Waals surface area contributed by atoms with Crippen molar-refractivity contribution < 1.29 is 9.53 Å². The Balaban J connectivity index is 1.71. The molecule has 6 nitrogen and oxygen atoms in total. The van der Waals surface area contributed by atoms with E-state index in [1.807, 2.05) is 15.8 Å². The zero-order valence-corrected chi connectivity index (χ0v) is 12.3. The topological polar surface area (TPSA) is 50.6 Å². The minimum Gasteiger partial charge on any atom is -0.373 e. The summed E-state index contributed by atoms with van der Waals surface area (Å²) in [6, 6.07) is 2.39. The van der Waals surface area contributed by atoms with E-state index in [4.69, 9.17) is 4.74 Å². The number of fused-ring (bicyclic) bond motifs is 1. The van der Waals surface area contributed by atoms with Gasteiger partial charge in [0.25, 0.3) is 5.91 Å². The molecule has 3 rings (SSSR count). The molecule has 20 heavy (non-hydrogen) atoms. The van der Waals surface area contributed by atoms with Crippen LogP contribution in [0.4, 0.5) is 0 Å². The quantitative estimate of drug-likeness (QED) is 0.796. The van der Waals surface area contributed by atoms with Gasteiger partial charge < -0.3 is 9.64 Å². The average Bonchev–Trinajstić information content (AvgIpc) is 3.05. The number of ether oxygens (including phenoxy) is 1. The molecular formula is C14H22N4O2. The number of likely N-dealkylation sites (tertiary alicyclic amines) is 1. The van der Waals surface area contributed by atoms with Crippen molar-refractivity contribution in [2.24, 2.45) is 0 Å². The van der Waals surface area contributed by atoms with Crippen molar-refractivity contribution in [3.8, 4) is 0 Å². The molecule has 0 aromatic carbocycles. The van der Waals surface area contributed by atoms with E-state index in [-0.39, 0.29) is 18.1 Å². The van der Waals surface area contributed by atoms with E-state index in [1.165, 1.54) is 0 Å². The molecule has 2 atom stereocenters. The van der Waals surface area contributed by atoms with Crippen LogP contribution in [0.2, 0.25) is 0 Å². The number of nitrogens with zero attached hydrogens (tertiary/aromatic N) is 4. The third-order valence-electron chi connectivity index (χ3n) is 4.22. The fourth-order valence-corrected chi connectivity index (χ4v) is 2.93. The number of aromatic nitrogens is 2. The Morgan fingerprint density at radius 2 is 2.25 bits per heavy atom. The Hall–Kier alpha value is -1.40. The van der Waals surface area contributed by atoms with Crippen LogP contribution in [0.1, 0.15) is 30.4 Å². The fraction of sp³-hybridized carbons (Fsp3) is 0.714. The van der Waals surface area contributed by atoms with Crippen molar-refractivity contribution in [1.29, 1.82) is 0 Å². The van der Waals surface area contributed by atoms with Crippen LogP contribution in [-0.4, -0.2) is 70.9 Å². The lowest BCUT2D eigenvalue weighted by Gasteiger charge is -2.33. The summed E-state index contributed by atoms with van der Waals surface area (Å²) >= 11 is 0. The van der Waals surface area contributed by atoms with E-state index >= 15 is 0 Å². The second-order valence-electron chi connectivity index (χ2n) is 5.94. The SMILES string of the molecule is CC(C)n1ccc(C(=O)N2CC3OCCN(C)C3C2)n1. The molecule has 1 aromatic rings. The first-order chi connectivity index (χ1) is 9.56. The van der Waals surface area contributed by atoms with Crippen molar-refractivity contribution in [3.63, 3.8) is 0 Å². The maximum atomic E-state index is 12.5. The van der Waals surface area contributed by atoms with Crippen LogP contribution in [-0.2, 0) is 4.74 Å². The molecule has 0 aliphatic carbocycles. The molecule has 1 aromatic heterocycles. The van der Waals surface area contributed by atoms with Crippen molar-refractivity contribution in [1.82, 2.24) is 19.6 Å². The van der Waals surface area contributed by atoms with Gasteiger partial charge in [-0.2, -0.15) is 5.10 Å². The first kappa shape index (κ1) is 13.6. The molecule has 0 radical (unpaired) electrons. The van der Waals surface area contributed by atoms with Gasteiger partial charge in [-0.05, 0) is 27.0 Å². The monoisotopic (exact) mass is 278 g/mol. The van der Waals surface area contributed by atoms with Gasteiger partial charge in [0.15, 0.2) is 0 Å². The van der Waals surface area contributed by atoms with Crippen LogP contribution < -0.4 is 0 Å². The summed E-state index contributed by atoms with van der Waals surface area (Å²) in [5.74, 6) is 0.0100. The number of carbonyl (C=O) groups is 1. The normalized spacial score (nSPS) is 27.1. The van der Waals surface area contributed by atoms with Gasteiger partial charge in [0.05, 0.1) is 18.8 Å². The largest absolute Gasteiger partial charge is 0.373 e. The maximum Gasteiger partial charge on any atom is 0.274 e. The number of hydrogen-bond donors (Lipinski definition) is 0. The van der Waals surface area contributed by atoms with Crippen LogP contribution >= 0.6 is 0 Å². The molecule has 2 unspecified atom stereocenters. The summed E-state index contributed by atoms with van der Waals surface area (Å²) in [5, 5.41) is 4.36. The minimum absolute atomic E-state index is 0.0100. The van der Waals surface area contributed by atoms with Gasteiger partial charge in [0.1, 0.15) is 5.69 Å². The molecule has 1 amide bonds. The smallest absolute Gasteiger partial charge is 0.274 e. The summed E-state index contributed by atoms with van der Waals surface area (Å²) in [6.07, 6.45) is 2.01. The van der Waals surface area contributed by atoms with Crippen LogP contribution in [0.3, 0.4) is 0 Å². The molecule has 110 valence electrons. The third kappa shape index (κ3) is 2.33. The molecule has 3 heterocycles. The lowest BCUT2D eigenvalue weighted by Crippen LogP contribution is -2.48. The predicted octanol–water partition coefficient (Wildman–Crippen LogP) is 0.619. The predicted molar refractivity (Wildman–Crippen MR) is 74.7 cm³/mol. The fourth-order valence-electron chi connectivity index (χ4n) is 2.93. The zero-order valence-electron chi connectivity index (χ0n) is 12.3. The van der Waals surface area contributed by atoms with Gasteiger partial charge in [-0.15, -0.1) is 0 Å². The first-order valence-corrected chi connectivity index (χ1v) is 7.22. The lowest BCUT2D eigenvalue weighted by atomic mass is 10.1. The van der Waals surface area contributed by atoms with Gasteiger partial charge in [-0.3, -0.25) is 14.4 Å². The summed E-state index contributed by atoms with van der Waals surface area (Å²) in [5.41, 5.74) is 0.528. The molecular weight excluding hydrogens is 256 g/mol. The number of rotatable bonds is 2. The Morgan fingerprint density at radius 3 is 2.90 bits per heavy atom. The lowest BCUT2D eigenvalue weighted by molar-refractivity contribution is -0.0368. The van der Waals surface area contributed by atoms with E-state index in [9.17, 15) is 4.79 Å². The molecule has 2 aliphatic rings. The minimum atomic E-state index is 0.0100. The highest BCUT2D eigenvalue weighted by Gasteiger charge is 2.40. The Morgan fingerprint density at radius 1 is 1.45 bits per heavy atom. The average molecular weight is 278 g/mol. The van der Waals surface area contributed by atoms with Gasteiger partial charge in [-0.25, -0.2) is 0 Å². The second-order valence-corrected chi connectivity index (χ2v) is 5.94. The molecule has 6 heteroatoms. The van der Waals surface area contributed by atoms with Gasteiger partial charge in [-0.1, -0.05) is 0 Å². The Kier molecular flexibility index (Phi) is 3.52. The zero-order chi connectivity index (χ0) is 14.3. The standard InChI is InChI=1S/C14H22N4O2/c1-10(2)18-5-4-11(15-18)14(19)17-8-12-13(9-17)20-7-6-16(12)3/h4-5,10,12-13H,6-9H2,1-3H3. The van der Waals surface area contributed by atoms with E-state index in [2.05, 4.69) is 30.9 Å². The molecule has 2 aliphatic heterocycles.